The number of hydrogen-bond acceptors (Lipinski definition) is 0. The molecule has 0 aromatic carbocycles. The molecule has 16 heavy (non-hydrogen) atoms. The van der Waals surface area contributed by atoms with Crippen LogP contribution in [0.3, 0.4) is 0 Å². The largest absolute Gasteiger partial charge is 0.425 e. The molecule has 0 bridgehead atoms. The average molecular weight is 269 g/mol. The molecule has 7 heteroatoms. The first-order chi connectivity index (χ1) is 7.15. The fourth-order valence-electron chi connectivity index (χ4n) is 1.90. The summed E-state index contributed by atoms with van der Waals surface area (Å²) >= 11 is 5.60. The van der Waals surface area contributed by atoms with Crippen molar-refractivity contribution in [3.05, 3.63) is 0 Å². The van der Waals surface area contributed by atoms with Crippen LogP contribution in [0.5, 0.6) is 0 Å². The Morgan fingerprint density at radius 1 is 1.06 bits per heavy atom. The summed E-state index contributed by atoms with van der Waals surface area (Å²) in [7, 11) is 0. The Hall–Kier alpha value is -0.130. The molecule has 0 spiro atoms. The van der Waals surface area contributed by atoms with Crippen LogP contribution >= 0.6 is 11.6 Å². The molecule has 0 amide bonds. The van der Waals surface area contributed by atoms with E-state index in [0.29, 0.717) is 12.8 Å². The Balaban J connectivity index is 2.75. The van der Waals surface area contributed by atoms with Crippen LogP contribution in [0, 0.1) is 5.92 Å². The molecule has 0 aromatic rings. The predicted octanol–water partition coefficient (Wildman–Crippen LogP) is 4.32. The van der Waals surface area contributed by atoms with E-state index in [0.717, 1.165) is 0 Å². The molecule has 0 saturated heterocycles. The molecule has 1 fully saturated rings. The molecule has 1 aliphatic carbocycles. The monoisotopic (exact) mass is 268 g/mol. The minimum Gasteiger partial charge on any atom is -0.231 e. The van der Waals surface area contributed by atoms with Crippen molar-refractivity contribution < 1.29 is 26.3 Å². The maximum absolute atomic E-state index is 13.2. The van der Waals surface area contributed by atoms with Gasteiger partial charge in [0, 0.05) is 11.3 Å². The van der Waals surface area contributed by atoms with Gasteiger partial charge in [0.15, 0.2) is 0 Å². The van der Waals surface area contributed by atoms with Crippen molar-refractivity contribution >= 4 is 11.6 Å². The van der Waals surface area contributed by atoms with Gasteiger partial charge in [-0.2, -0.15) is 13.2 Å². The molecular weight excluding hydrogens is 258 g/mol. The maximum Gasteiger partial charge on any atom is 0.425 e. The fraction of sp³-hybridized carbons (Fsp3) is 1.00. The number of hydrogen-bond donors (Lipinski definition) is 0. The molecule has 3 atom stereocenters. The summed E-state index contributed by atoms with van der Waals surface area (Å²) in [6.07, 6.45) is -9.23. The van der Waals surface area contributed by atoms with Crippen LogP contribution in [-0.2, 0) is 0 Å². The van der Waals surface area contributed by atoms with Gasteiger partial charge in [0.25, 0.3) is 12.1 Å². The third-order valence-electron chi connectivity index (χ3n) is 2.78. The van der Waals surface area contributed by atoms with Crippen LogP contribution in [0.25, 0.3) is 0 Å². The van der Waals surface area contributed by atoms with Gasteiger partial charge in [0.2, 0.25) is 0 Å². The average Bonchev–Trinajstić information content (AvgIpc) is 2.15. The number of rotatable bonds is 2. The van der Waals surface area contributed by atoms with E-state index in [9.17, 15) is 26.3 Å². The summed E-state index contributed by atoms with van der Waals surface area (Å²) in [6, 6.07) is 0. The van der Waals surface area contributed by atoms with E-state index in [1.807, 2.05) is 0 Å². The molecule has 96 valence electrons. The highest BCUT2D eigenvalue weighted by Gasteiger charge is 2.60. The zero-order valence-electron chi connectivity index (χ0n) is 8.21. The van der Waals surface area contributed by atoms with E-state index in [1.165, 1.54) is 0 Å². The topological polar surface area (TPSA) is 0 Å². The fourth-order valence-corrected chi connectivity index (χ4v) is 2.27. The van der Waals surface area contributed by atoms with Crippen molar-refractivity contribution in [2.24, 2.45) is 5.92 Å². The smallest absolute Gasteiger partial charge is 0.231 e. The molecule has 1 saturated carbocycles. The van der Waals surface area contributed by atoms with E-state index < -0.39 is 29.6 Å². The Morgan fingerprint density at radius 3 is 2.06 bits per heavy atom. The quantitative estimate of drug-likeness (QED) is 0.517. The highest BCUT2D eigenvalue weighted by molar-refractivity contribution is 6.20. The van der Waals surface area contributed by atoms with Gasteiger partial charge < -0.3 is 0 Å². The SMILES string of the molecule is FC(C(F)(F)F)C(F)(F)C1CCCC(Cl)C1. The highest BCUT2D eigenvalue weighted by atomic mass is 35.5. The molecule has 3 unspecified atom stereocenters. The van der Waals surface area contributed by atoms with E-state index in [4.69, 9.17) is 11.6 Å². The minimum absolute atomic E-state index is 0.118. The van der Waals surface area contributed by atoms with Crippen molar-refractivity contribution in [3.63, 3.8) is 0 Å². The predicted molar refractivity (Wildman–Crippen MR) is 47.5 cm³/mol. The Morgan fingerprint density at radius 2 is 1.62 bits per heavy atom. The molecule has 0 heterocycles. The van der Waals surface area contributed by atoms with Crippen LogP contribution in [0.4, 0.5) is 26.3 Å². The summed E-state index contributed by atoms with van der Waals surface area (Å²) < 4.78 is 74.8. The van der Waals surface area contributed by atoms with Crippen molar-refractivity contribution in [3.8, 4) is 0 Å². The van der Waals surface area contributed by atoms with Crippen molar-refractivity contribution in [1.82, 2.24) is 0 Å². The lowest BCUT2D eigenvalue weighted by Crippen LogP contribution is -2.48. The van der Waals surface area contributed by atoms with Gasteiger partial charge in [-0.1, -0.05) is 6.42 Å². The van der Waals surface area contributed by atoms with Crippen molar-refractivity contribution in [2.45, 2.75) is 49.3 Å². The van der Waals surface area contributed by atoms with Gasteiger partial charge >= 0.3 is 6.18 Å². The molecule has 0 aliphatic heterocycles. The Bertz CT molecular complexity index is 239. The van der Waals surface area contributed by atoms with Gasteiger partial charge in [-0.15, -0.1) is 11.6 Å². The second-order valence-electron chi connectivity index (χ2n) is 4.04. The van der Waals surface area contributed by atoms with Gasteiger partial charge in [-0.3, -0.25) is 0 Å². The van der Waals surface area contributed by atoms with E-state index in [1.54, 1.807) is 0 Å². The first kappa shape index (κ1) is 13.9. The molecule has 0 nitrogen and oxygen atoms in total. The van der Waals surface area contributed by atoms with Crippen LogP contribution in [0.15, 0.2) is 0 Å². The van der Waals surface area contributed by atoms with Crippen LogP contribution in [-0.4, -0.2) is 23.6 Å². The molecule has 0 aromatic heterocycles. The van der Waals surface area contributed by atoms with Crippen molar-refractivity contribution in [1.29, 1.82) is 0 Å². The van der Waals surface area contributed by atoms with Gasteiger partial charge in [0.1, 0.15) is 0 Å². The summed E-state index contributed by atoms with van der Waals surface area (Å²) in [5.74, 6) is -6.01. The van der Waals surface area contributed by atoms with Crippen LogP contribution < -0.4 is 0 Å². The Kier molecular flexibility index (Phi) is 4.03. The van der Waals surface area contributed by atoms with E-state index >= 15 is 0 Å². The molecule has 0 radical (unpaired) electrons. The molecule has 1 rings (SSSR count). The standard InChI is InChI=1S/C9H11ClF6/c10-6-3-1-2-5(4-6)8(12,13)7(11)9(14,15)16/h5-7H,1-4H2. The third-order valence-corrected chi connectivity index (χ3v) is 3.18. The first-order valence-electron chi connectivity index (χ1n) is 4.88. The summed E-state index contributed by atoms with van der Waals surface area (Å²) in [5.41, 5.74) is 0. The zero-order chi connectivity index (χ0) is 12.6. The second-order valence-corrected chi connectivity index (χ2v) is 4.66. The lowest BCUT2D eigenvalue weighted by Gasteiger charge is -2.34. The first-order valence-corrected chi connectivity index (χ1v) is 5.32. The lowest BCUT2D eigenvalue weighted by molar-refractivity contribution is -0.260. The highest BCUT2D eigenvalue weighted by Crippen LogP contribution is 2.45. The second kappa shape index (κ2) is 4.63. The van der Waals surface area contributed by atoms with Crippen molar-refractivity contribution in [2.75, 3.05) is 0 Å². The number of halogens is 7. The minimum atomic E-state index is -5.53. The van der Waals surface area contributed by atoms with Crippen LogP contribution in [0.2, 0.25) is 0 Å². The summed E-state index contributed by atoms with van der Waals surface area (Å²) in [6.45, 7) is 0. The third kappa shape index (κ3) is 2.96. The maximum atomic E-state index is 13.2. The molecule has 0 N–H and O–H groups in total. The summed E-state index contributed by atoms with van der Waals surface area (Å²) in [5, 5.41) is -0.593. The lowest BCUT2D eigenvalue weighted by atomic mass is 9.82. The van der Waals surface area contributed by atoms with E-state index in [-0.39, 0.29) is 12.8 Å². The normalized spacial score (nSPS) is 30.2. The molecular formula is C9H11ClF6. The summed E-state index contributed by atoms with van der Waals surface area (Å²) in [4.78, 5) is 0. The van der Waals surface area contributed by atoms with Crippen LogP contribution in [0.1, 0.15) is 25.7 Å². The van der Waals surface area contributed by atoms with E-state index in [2.05, 4.69) is 0 Å². The number of alkyl halides is 7. The van der Waals surface area contributed by atoms with Gasteiger partial charge in [0.05, 0.1) is 0 Å². The van der Waals surface area contributed by atoms with Gasteiger partial charge in [-0.25, -0.2) is 13.2 Å². The Labute approximate surface area is 93.9 Å². The zero-order valence-corrected chi connectivity index (χ0v) is 8.96. The van der Waals surface area contributed by atoms with Gasteiger partial charge in [-0.05, 0) is 19.3 Å². The molecule has 1 aliphatic rings.